The van der Waals surface area contributed by atoms with E-state index in [0.717, 1.165) is 18.2 Å². The highest BCUT2D eigenvalue weighted by molar-refractivity contribution is 5.61. The summed E-state index contributed by atoms with van der Waals surface area (Å²) in [6.45, 7) is 0.261. The highest BCUT2D eigenvalue weighted by atomic mass is 19.1. The lowest BCUT2D eigenvalue weighted by atomic mass is 10.2. The summed E-state index contributed by atoms with van der Waals surface area (Å²) in [7, 11) is 0. The van der Waals surface area contributed by atoms with E-state index in [1.807, 2.05) is 0 Å². The fraction of sp³-hybridized carbons (Fsp3) is 0.0909. The summed E-state index contributed by atoms with van der Waals surface area (Å²) in [6, 6.07) is 6.69. The van der Waals surface area contributed by atoms with E-state index < -0.39 is 10.7 Å². The molecule has 1 aromatic carbocycles. The van der Waals surface area contributed by atoms with Gasteiger partial charge in [0.1, 0.15) is 17.3 Å². The molecule has 0 saturated heterocycles. The smallest absolute Gasteiger partial charge is 0.292 e. The molecule has 0 atom stereocenters. The average Bonchev–Trinajstić information content (AvgIpc) is 2.78. The quantitative estimate of drug-likeness (QED) is 0.654. The summed E-state index contributed by atoms with van der Waals surface area (Å²) in [4.78, 5) is 10.1. The van der Waals surface area contributed by atoms with Crippen molar-refractivity contribution in [1.29, 1.82) is 0 Å². The first-order valence-electron chi connectivity index (χ1n) is 4.87. The van der Waals surface area contributed by atoms with E-state index in [-0.39, 0.29) is 17.9 Å². The second kappa shape index (κ2) is 4.65. The van der Waals surface area contributed by atoms with Crippen LogP contribution in [0.4, 0.5) is 15.8 Å². The van der Waals surface area contributed by atoms with Crippen LogP contribution in [0.1, 0.15) is 5.76 Å². The van der Waals surface area contributed by atoms with Gasteiger partial charge in [-0.2, -0.15) is 0 Å². The van der Waals surface area contributed by atoms with Gasteiger partial charge in [-0.3, -0.25) is 10.1 Å². The number of hydrogen-bond donors (Lipinski definition) is 1. The second-order valence-corrected chi connectivity index (χ2v) is 3.35. The zero-order valence-electron chi connectivity index (χ0n) is 8.72. The molecule has 6 heteroatoms. The Labute approximate surface area is 96.0 Å². The highest BCUT2D eigenvalue weighted by Crippen LogP contribution is 2.25. The molecular formula is C11H9FN2O3. The van der Waals surface area contributed by atoms with E-state index in [1.54, 1.807) is 12.1 Å². The Morgan fingerprint density at radius 1 is 1.41 bits per heavy atom. The number of benzene rings is 1. The second-order valence-electron chi connectivity index (χ2n) is 3.35. The minimum atomic E-state index is -0.566. The maximum Gasteiger partial charge on any atom is 0.292 e. The van der Waals surface area contributed by atoms with E-state index in [0.29, 0.717) is 5.76 Å². The zero-order chi connectivity index (χ0) is 12.3. The number of nitrogens with zero attached hydrogens (tertiary/aromatic N) is 1. The third kappa shape index (κ3) is 2.60. The predicted molar refractivity (Wildman–Crippen MR) is 59.1 cm³/mol. The number of furan rings is 1. The van der Waals surface area contributed by atoms with Crippen LogP contribution in [0.2, 0.25) is 0 Å². The summed E-state index contributed by atoms with van der Waals surface area (Å²) in [5.74, 6) is 0.0844. The highest BCUT2D eigenvalue weighted by Gasteiger charge is 2.14. The number of nitro benzene ring substituents is 1. The Balaban J connectivity index is 2.19. The van der Waals surface area contributed by atoms with Crippen LogP contribution in [0.25, 0.3) is 0 Å². The van der Waals surface area contributed by atoms with Crippen LogP contribution >= 0.6 is 0 Å². The molecule has 0 bridgehead atoms. The van der Waals surface area contributed by atoms with Crippen molar-refractivity contribution in [3.8, 4) is 0 Å². The Morgan fingerprint density at radius 2 is 2.24 bits per heavy atom. The van der Waals surface area contributed by atoms with Crippen LogP contribution in [0, 0.1) is 15.9 Å². The third-order valence-electron chi connectivity index (χ3n) is 2.19. The summed E-state index contributed by atoms with van der Waals surface area (Å²) in [6.07, 6.45) is 1.50. The molecule has 0 aliphatic carbocycles. The van der Waals surface area contributed by atoms with Crippen LogP contribution in [0.5, 0.6) is 0 Å². The normalized spacial score (nSPS) is 10.2. The first-order chi connectivity index (χ1) is 8.16. The van der Waals surface area contributed by atoms with Crippen molar-refractivity contribution in [1.82, 2.24) is 0 Å². The molecule has 0 fully saturated rings. The average molecular weight is 236 g/mol. The van der Waals surface area contributed by atoms with Gasteiger partial charge in [0.05, 0.1) is 17.7 Å². The van der Waals surface area contributed by atoms with Crippen LogP contribution in [0.3, 0.4) is 0 Å². The van der Waals surface area contributed by atoms with Crippen LogP contribution in [-0.4, -0.2) is 4.92 Å². The summed E-state index contributed by atoms with van der Waals surface area (Å²) >= 11 is 0. The van der Waals surface area contributed by atoms with E-state index in [2.05, 4.69) is 5.32 Å². The number of rotatable bonds is 4. The van der Waals surface area contributed by atoms with Crippen molar-refractivity contribution in [2.75, 3.05) is 5.32 Å². The molecule has 0 amide bonds. The molecule has 5 nitrogen and oxygen atoms in total. The van der Waals surface area contributed by atoms with Crippen molar-refractivity contribution in [2.24, 2.45) is 0 Å². The molecule has 0 radical (unpaired) electrons. The van der Waals surface area contributed by atoms with Crippen molar-refractivity contribution < 1.29 is 13.7 Å². The van der Waals surface area contributed by atoms with Crippen molar-refractivity contribution >= 4 is 11.4 Å². The fourth-order valence-corrected chi connectivity index (χ4v) is 1.40. The standard InChI is InChI=1S/C11H9FN2O3/c12-8-3-4-11(14(15)16)10(6-8)13-7-9-2-1-5-17-9/h1-6,13H,7H2. The number of nitro groups is 1. The molecule has 0 aliphatic heterocycles. The summed E-state index contributed by atoms with van der Waals surface area (Å²) in [5.41, 5.74) is -0.0376. The van der Waals surface area contributed by atoms with Crippen LogP contribution in [-0.2, 0) is 6.54 Å². The molecule has 2 rings (SSSR count). The number of nitrogens with one attached hydrogen (secondary N) is 1. The summed E-state index contributed by atoms with van der Waals surface area (Å²) in [5, 5.41) is 13.5. The third-order valence-corrected chi connectivity index (χ3v) is 2.19. The van der Waals surface area contributed by atoms with Gasteiger partial charge in [0.15, 0.2) is 0 Å². The van der Waals surface area contributed by atoms with Gasteiger partial charge in [-0.25, -0.2) is 4.39 Å². The summed E-state index contributed by atoms with van der Waals surface area (Å²) < 4.78 is 18.1. The number of halogens is 1. The minimum Gasteiger partial charge on any atom is -0.467 e. The van der Waals surface area contributed by atoms with Crippen LogP contribution in [0.15, 0.2) is 41.0 Å². The molecule has 1 heterocycles. The molecule has 0 unspecified atom stereocenters. The van der Waals surface area contributed by atoms with Crippen molar-refractivity contribution in [3.63, 3.8) is 0 Å². The van der Waals surface area contributed by atoms with Gasteiger partial charge in [0.2, 0.25) is 0 Å². The van der Waals surface area contributed by atoms with Gasteiger partial charge in [-0.05, 0) is 18.2 Å². The first kappa shape index (κ1) is 11.1. The van der Waals surface area contributed by atoms with Crippen molar-refractivity contribution in [2.45, 2.75) is 6.54 Å². The van der Waals surface area contributed by atoms with Gasteiger partial charge in [0.25, 0.3) is 5.69 Å². The van der Waals surface area contributed by atoms with Crippen LogP contribution < -0.4 is 5.32 Å². The SMILES string of the molecule is O=[N+]([O-])c1ccc(F)cc1NCc1ccco1. The Hall–Kier alpha value is -2.37. The Morgan fingerprint density at radius 3 is 2.88 bits per heavy atom. The zero-order valence-corrected chi connectivity index (χ0v) is 8.72. The maximum absolute atomic E-state index is 13.0. The monoisotopic (exact) mass is 236 g/mol. The van der Waals surface area contributed by atoms with E-state index in [1.165, 1.54) is 6.26 Å². The Kier molecular flexibility index (Phi) is 3.04. The molecule has 17 heavy (non-hydrogen) atoms. The van der Waals surface area contributed by atoms with Gasteiger partial charge in [-0.1, -0.05) is 0 Å². The largest absolute Gasteiger partial charge is 0.467 e. The van der Waals surface area contributed by atoms with Gasteiger partial charge < -0.3 is 9.73 Å². The molecule has 1 N–H and O–H groups in total. The van der Waals surface area contributed by atoms with E-state index in [9.17, 15) is 14.5 Å². The van der Waals surface area contributed by atoms with Gasteiger partial charge in [0, 0.05) is 12.1 Å². The lowest BCUT2D eigenvalue weighted by Gasteiger charge is -2.05. The Bertz CT molecular complexity index is 526. The number of hydrogen-bond acceptors (Lipinski definition) is 4. The molecule has 0 aliphatic rings. The molecule has 2 aromatic rings. The topological polar surface area (TPSA) is 68.3 Å². The maximum atomic E-state index is 13.0. The van der Waals surface area contributed by atoms with E-state index >= 15 is 0 Å². The fourth-order valence-electron chi connectivity index (χ4n) is 1.40. The molecular weight excluding hydrogens is 227 g/mol. The lowest BCUT2D eigenvalue weighted by molar-refractivity contribution is -0.384. The molecule has 0 saturated carbocycles. The molecule has 88 valence electrons. The first-order valence-corrected chi connectivity index (χ1v) is 4.87. The minimum absolute atomic E-state index is 0.131. The van der Waals surface area contributed by atoms with Gasteiger partial charge >= 0.3 is 0 Å². The molecule has 0 spiro atoms. The van der Waals surface area contributed by atoms with Crippen molar-refractivity contribution in [3.05, 3.63) is 58.3 Å². The van der Waals surface area contributed by atoms with E-state index in [4.69, 9.17) is 4.42 Å². The molecule has 1 aromatic heterocycles. The lowest BCUT2D eigenvalue weighted by Crippen LogP contribution is -2.02. The predicted octanol–water partition coefficient (Wildman–Crippen LogP) is 2.94. The van der Waals surface area contributed by atoms with Gasteiger partial charge in [-0.15, -0.1) is 0 Å². The number of anilines is 1.